The van der Waals surface area contributed by atoms with Crippen molar-refractivity contribution in [2.24, 2.45) is 30.7 Å². The second-order valence-electron chi connectivity index (χ2n) is 12.4. The lowest BCUT2D eigenvalue weighted by Crippen LogP contribution is -2.16. The summed E-state index contributed by atoms with van der Waals surface area (Å²) in [6, 6.07) is 8.54. The monoisotopic (exact) mass is 1060 g/mol. The fraction of sp³-hybridized carbons (Fsp3) is 0.133. The highest BCUT2D eigenvalue weighted by Crippen LogP contribution is 2.49. The molecule has 0 heterocycles. The molecule has 0 bridgehead atoms. The Balaban J connectivity index is 1.94. The van der Waals surface area contributed by atoms with Crippen molar-refractivity contribution in [2.45, 2.75) is 19.6 Å². The molecule has 0 unspecified atom stereocenters. The normalized spacial score (nSPS) is 13.1. The molecule has 0 aliphatic carbocycles. The van der Waals surface area contributed by atoms with E-state index in [-0.39, 0.29) is 11.4 Å². The average molecular weight is 1060 g/mol. The van der Waals surface area contributed by atoms with Crippen LogP contribution in [0, 0.1) is 5.41 Å². The summed E-state index contributed by atoms with van der Waals surface area (Å²) < 4.78 is 189. The number of nitrogens with two attached hydrogens (primary N) is 2. The van der Waals surface area contributed by atoms with Crippen LogP contribution >= 0.6 is 0 Å². The van der Waals surface area contributed by atoms with E-state index in [1.165, 1.54) is 0 Å². The van der Waals surface area contributed by atoms with Gasteiger partial charge in [0.25, 0.3) is 20.2 Å². The number of nitrogens with zero attached hydrogens (tertiary/aromatic N) is 6. The lowest BCUT2D eigenvalue weighted by atomic mass is 10.1. The Kier molecular flexibility index (Phi) is 16.3. The summed E-state index contributed by atoms with van der Waals surface area (Å²) >= 11 is 0. The van der Waals surface area contributed by atoms with Crippen molar-refractivity contribution < 1.29 is 91.8 Å². The van der Waals surface area contributed by atoms with Crippen LogP contribution < -0.4 is 16.9 Å². The number of rotatable bonds is 22. The van der Waals surface area contributed by atoms with Crippen molar-refractivity contribution in [3.8, 4) is 0 Å². The number of hydrogen-bond acceptors (Lipinski definition) is 26. The summed E-state index contributed by atoms with van der Waals surface area (Å²) in [5, 5.41) is 39.9. The second kappa shape index (κ2) is 20.6. The van der Waals surface area contributed by atoms with Gasteiger partial charge in [0.05, 0.1) is 57.3 Å². The highest BCUT2D eigenvalue weighted by atomic mass is 32.3. The van der Waals surface area contributed by atoms with Crippen molar-refractivity contribution in [2.75, 3.05) is 41.7 Å². The molecule has 11 N–H and O–H groups in total. The van der Waals surface area contributed by atoms with E-state index in [2.05, 4.69) is 49.4 Å². The number of hydrogen-bond donors (Lipinski definition) is 9. The van der Waals surface area contributed by atoms with Gasteiger partial charge in [-0.05, 0) is 60.7 Å². The van der Waals surface area contributed by atoms with E-state index in [1.807, 2.05) is 0 Å². The second-order valence-corrected chi connectivity index (χ2v) is 21.6. The molecule has 0 atom stereocenters. The SMILES string of the molecule is N=CONc1ccc(N=Nc2c(N)c(N=Nc3ccc(S(=O)(=O)CCOS(=O)(=O)O)cc3S(=O)(=O)O)c(N)c(N=Nc3ccc(S(=O)(=O)CCOS(=O)(=O)O)cc3)c2C(=O)O)c(S(=O)(=O)O)c1. The number of anilines is 3. The van der Waals surface area contributed by atoms with Gasteiger partial charge in [-0.25, -0.2) is 35.5 Å². The molecule has 0 amide bonds. The molecular formula is C30H30N10O21S6. The molecule has 4 aromatic rings. The van der Waals surface area contributed by atoms with Crippen molar-refractivity contribution in [1.82, 2.24) is 0 Å². The van der Waals surface area contributed by atoms with E-state index in [0.29, 0.717) is 18.5 Å². The Hall–Kier alpha value is -6.52. The van der Waals surface area contributed by atoms with Crippen molar-refractivity contribution >= 4 is 124 Å². The zero-order valence-corrected chi connectivity index (χ0v) is 37.6. The Bertz CT molecular complexity index is 3410. The fourth-order valence-corrected chi connectivity index (χ4v) is 9.35. The Morgan fingerprint density at radius 3 is 1.49 bits per heavy atom. The van der Waals surface area contributed by atoms with Crippen LogP contribution in [0.1, 0.15) is 10.4 Å². The number of sulfone groups is 2. The number of benzene rings is 4. The van der Waals surface area contributed by atoms with E-state index in [4.69, 9.17) is 26.0 Å². The summed E-state index contributed by atoms with van der Waals surface area (Å²) in [6.45, 7) is -2.09. The number of nitrogen functional groups attached to an aromatic ring is 2. The van der Waals surface area contributed by atoms with Crippen LogP contribution in [0.4, 0.5) is 51.2 Å². The minimum Gasteiger partial charge on any atom is -0.478 e. The molecule has 0 radical (unpaired) electrons. The first-order valence-electron chi connectivity index (χ1n) is 17.0. The van der Waals surface area contributed by atoms with Gasteiger partial charge in [0.1, 0.15) is 43.8 Å². The Morgan fingerprint density at radius 2 is 1.03 bits per heavy atom. The predicted octanol–water partition coefficient (Wildman–Crippen LogP) is 3.43. The molecule has 0 aromatic heterocycles. The topological polar surface area (TPSA) is 513 Å². The molecule has 0 saturated carbocycles. The molecule has 67 heavy (non-hydrogen) atoms. The van der Waals surface area contributed by atoms with Gasteiger partial charge >= 0.3 is 26.8 Å². The third-order valence-corrected chi connectivity index (χ3v) is 14.0. The van der Waals surface area contributed by atoms with Gasteiger partial charge < -0.3 is 21.4 Å². The van der Waals surface area contributed by atoms with Crippen LogP contribution in [-0.4, -0.2) is 111 Å². The number of azo groups is 3. The van der Waals surface area contributed by atoms with Crippen LogP contribution in [0.15, 0.2) is 111 Å². The first kappa shape index (κ1) is 53.1. The predicted molar refractivity (Wildman–Crippen MR) is 226 cm³/mol. The molecule has 37 heteroatoms. The standard InChI is InChI=1S/C30H30N10O21S6/c31-15-59-40-17-3-7-20(22(13-17)64(47,48)49)35-38-28-24(30(41)42)27(37-34-16-1-4-18(5-2-16)62(43,44)11-9-60-66(53,54)55)25(32)29(26(28)33)39-36-21-8-6-19(14-23(21)65(50,51)52)63(45,46)12-10-61-67(56,57)58/h1-8,13-15,31,40H,9-12,32-33H2,(H,41,42)(H,47,48,49)(H,50,51,52)(H,53,54,55)(H,56,57,58). The van der Waals surface area contributed by atoms with Crippen molar-refractivity contribution in [1.29, 1.82) is 5.41 Å². The van der Waals surface area contributed by atoms with Crippen LogP contribution in [0.25, 0.3) is 0 Å². The summed E-state index contributed by atoms with van der Waals surface area (Å²) in [4.78, 5) is 13.9. The first-order chi connectivity index (χ1) is 30.8. The maximum absolute atomic E-state index is 12.8. The van der Waals surface area contributed by atoms with E-state index in [0.717, 1.165) is 48.5 Å². The van der Waals surface area contributed by atoms with E-state index < -0.39 is 156 Å². The van der Waals surface area contributed by atoms with E-state index in [9.17, 15) is 69.5 Å². The zero-order valence-electron chi connectivity index (χ0n) is 32.7. The quantitative estimate of drug-likeness (QED) is 0.0136. The smallest absolute Gasteiger partial charge is 0.397 e. The third kappa shape index (κ3) is 14.5. The number of carboxylic acids is 1. The first-order valence-corrected chi connectivity index (χ1v) is 25.9. The number of carboxylic acid groups (broad SMARTS) is 1. The molecule has 0 aliphatic heterocycles. The van der Waals surface area contributed by atoms with Crippen LogP contribution in [0.3, 0.4) is 0 Å². The van der Waals surface area contributed by atoms with Gasteiger partial charge in [0, 0.05) is 0 Å². The Morgan fingerprint density at radius 1 is 0.597 bits per heavy atom. The summed E-state index contributed by atoms with van der Waals surface area (Å²) in [5.41, 5.74) is 7.38. The third-order valence-electron chi connectivity index (χ3n) is 7.90. The summed E-state index contributed by atoms with van der Waals surface area (Å²) in [5.74, 6) is -3.98. The minimum atomic E-state index is -5.41. The van der Waals surface area contributed by atoms with Crippen LogP contribution in [0.5, 0.6) is 0 Å². The summed E-state index contributed by atoms with van der Waals surface area (Å²) in [6.07, 6.45) is 0.427. The molecule has 0 spiro atoms. The fourth-order valence-electron chi connectivity index (χ4n) is 4.98. The lowest BCUT2D eigenvalue weighted by molar-refractivity contribution is 0.0698. The zero-order chi connectivity index (χ0) is 50.3. The van der Waals surface area contributed by atoms with Crippen LogP contribution in [-0.2, 0) is 73.9 Å². The van der Waals surface area contributed by atoms with Crippen LogP contribution in [0.2, 0.25) is 0 Å². The number of nitrogens with one attached hydrogen (secondary N) is 2. The lowest BCUT2D eigenvalue weighted by Gasteiger charge is -2.14. The minimum absolute atomic E-state index is 0.156. The van der Waals surface area contributed by atoms with Gasteiger partial charge in [-0.3, -0.25) is 23.6 Å². The van der Waals surface area contributed by atoms with Gasteiger partial charge in [-0.2, -0.15) is 38.8 Å². The highest BCUT2D eigenvalue weighted by Gasteiger charge is 2.29. The maximum Gasteiger partial charge on any atom is 0.397 e. The summed E-state index contributed by atoms with van der Waals surface area (Å²) in [7, 11) is -29.4. The maximum atomic E-state index is 12.8. The van der Waals surface area contributed by atoms with Gasteiger partial charge in [0.2, 0.25) is 6.40 Å². The van der Waals surface area contributed by atoms with Gasteiger partial charge in [-0.15, -0.1) is 25.6 Å². The van der Waals surface area contributed by atoms with Gasteiger partial charge in [0.15, 0.2) is 19.7 Å². The molecule has 4 rings (SSSR count). The largest absolute Gasteiger partial charge is 0.478 e. The molecule has 362 valence electrons. The molecule has 0 saturated heterocycles. The molecule has 0 aliphatic rings. The molecule has 31 nitrogen and oxygen atoms in total. The number of aromatic carboxylic acids is 1. The van der Waals surface area contributed by atoms with Gasteiger partial charge in [-0.1, -0.05) is 0 Å². The van der Waals surface area contributed by atoms with E-state index in [1.54, 1.807) is 0 Å². The highest BCUT2D eigenvalue weighted by molar-refractivity contribution is 7.92. The molecule has 0 fully saturated rings. The molecule has 4 aromatic carbocycles. The molecular weight excluding hydrogens is 1030 g/mol. The van der Waals surface area contributed by atoms with Crippen molar-refractivity contribution in [3.63, 3.8) is 0 Å². The average Bonchev–Trinajstić information content (AvgIpc) is 3.20. The number of carbonyl (C=O) groups is 1. The van der Waals surface area contributed by atoms with E-state index >= 15 is 0 Å². The Labute approximate surface area is 377 Å². The van der Waals surface area contributed by atoms with Crippen molar-refractivity contribution in [3.05, 3.63) is 66.2 Å².